The third-order valence-electron chi connectivity index (χ3n) is 3.62. The summed E-state index contributed by atoms with van der Waals surface area (Å²) >= 11 is 0. The summed E-state index contributed by atoms with van der Waals surface area (Å²) in [5.74, 6) is -0.892. The number of rotatable bonds is 14. The summed E-state index contributed by atoms with van der Waals surface area (Å²) in [4.78, 5) is 21.8. The topological polar surface area (TPSA) is 89.6 Å². The average molecular weight is 315 g/mol. The van der Waals surface area contributed by atoms with Gasteiger partial charge in [-0.05, 0) is 12.3 Å². The van der Waals surface area contributed by atoms with E-state index in [9.17, 15) is 9.59 Å². The molecule has 0 aromatic heterocycles. The van der Waals surface area contributed by atoms with Crippen molar-refractivity contribution < 1.29 is 19.4 Å². The predicted molar refractivity (Wildman–Crippen MR) is 87.6 cm³/mol. The van der Waals surface area contributed by atoms with Crippen LogP contribution in [0.25, 0.3) is 0 Å². The number of carboxylic acids is 1. The number of unbranched alkanes of at least 4 members (excludes halogenated alkanes) is 7. The van der Waals surface area contributed by atoms with Crippen molar-refractivity contribution in [1.82, 2.24) is 0 Å². The number of hydrogen-bond donors (Lipinski definition) is 2. The van der Waals surface area contributed by atoms with Crippen LogP contribution in [0.1, 0.15) is 78.1 Å². The molecule has 0 rings (SSSR count). The third kappa shape index (κ3) is 13.9. The highest BCUT2D eigenvalue weighted by Gasteiger charge is 2.17. The number of nitrogens with two attached hydrogens (primary N) is 1. The highest BCUT2D eigenvalue weighted by molar-refractivity contribution is 5.81. The molecule has 3 N–H and O–H groups in total. The Morgan fingerprint density at radius 3 is 1.95 bits per heavy atom. The lowest BCUT2D eigenvalue weighted by molar-refractivity contribution is -0.149. The van der Waals surface area contributed by atoms with Crippen molar-refractivity contribution >= 4 is 11.9 Å². The molecule has 0 aliphatic carbocycles. The van der Waals surface area contributed by atoms with Crippen LogP contribution in [0.3, 0.4) is 0 Å². The second-order valence-electron chi connectivity index (χ2n) is 6.38. The lowest BCUT2D eigenvalue weighted by atomic mass is 10.0. The molecule has 0 aliphatic heterocycles. The minimum absolute atomic E-state index is 0.334. The van der Waals surface area contributed by atoms with Crippen molar-refractivity contribution in [2.45, 2.75) is 84.1 Å². The minimum atomic E-state index is -1.09. The summed E-state index contributed by atoms with van der Waals surface area (Å²) in [5, 5.41) is 8.52. The smallest absolute Gasteiger partial charge is 0.323 e. The molecule has 0 bridgehead atoms. The largest absolute Gasteiger partial charge is 0.481 e. The SMILES string of the molecule is CC(C)CCCCCCCCCCOC(=O)[C@@H](N)CC(=O)O. The van der Waals surface area contributed by atoms with Crippen LogP contribution in [0, 0.1) is 5.92 Å². The third-order valence-corrected chi connectivity index (χ3v) is 3.62. The van der Waals surface area contributed by atoms with E-state index in [-0.39, 0.29) is 6.42 Å². The first-order chi connectivity index (χ1) is 10.4. The molecule has 0 aliphatic rings. The Morgan fingerprint density at radius 2 is 1.45 bits per heavy atom. The fourth-order valence-corrected chi connectivity index (χ4v) is 2.27. The molecule has 0 heterocycles. The maximum Gasteiger partial charge on any atom is 0.323 e. The Labute approximate surface area is 134 Å². The molecule has 0 aromatic rings. The Kier molecular flexibility index (Phi) is 12.9. The van der Waals surface area contributed by atoms with E-state index < -0.39 is 18.0 Å². The molecule has 5 nitrogen and oxygen atoms in total. The van der Waals surface area contributed by atoms with E-state index in [1.54, 1.807) is 0 Å². The number of esters is 1. The van der Waals surface area contributed by atoms with Gasteiger partial charge in [0.25, 0.3) is 0 Å². The minimum Gasteiger partial charge on any atom is -0.481 e. The molecule has 130 valence electrons. The summed E-state index contributed by atoms with van der Waals surface area (Å²) in [6.07, 6.45) is 10.4. The molecule has 5 heteroatoms. The van der Waals surface area contributed by atoms with Gasteiger partial charge in [0, 0.05) is 0 Å². The van der Waals surface area contributed by atoms with Crippen molar-refractivity contribution in [2.24, 2.45) is 11.7 Å². The van der Waals surface area contributed by atoms with Crippen LogP contribution in [0.5, 0.6) is 0 Å². The van der Waals surface area contributed by atoms with Gasteiger partial charge in [-0.1, -0.05) is 65.2 Å². The Balaban J connectivity index is 3.29. The van der Waals surface area contributed by atoms with Gasteiger partial charge in [-0.3, -0.25) is 9.59 Å². The number of hydrogen-bond acceptors (Lipinski definition) is 4. The van der Waals surface area contributed by atoms with E-state index in [4.69, 9.17) is 15.6 Å². The summed E-state index contributed by atoms with van der Waals surface area (Å²) in [5.41, 5.74) is 5.40. The van der Waals surface area contributed by atoms with Gasteiger partial charge < -0.3 is 15.6 Å². The lowest BCUT2D eigenvalue weighted by Gasteiger charge is -2.09. The number of carbonyl (C=O) groups is 2. The lowest BCUT2D eigenvalue weighted by Crippen LogP contribution is -2.34. The van der Waals surface area contributed by atoms with Gasteiger partial charge in [0.05, 0.1) is 13.0 Å². The van der Waals surface area contributed by atoms with Gasteiger partial charge in [0.2, 0.25) is 0 Å². The molecule has 0 saturated carbocycles. The van der Waals surface area contributed by atoms with Crippen LogP contribution < -0.4 is 5.73 Å². The van der Waals surface area contributed by atoms with Crippen molar-refractivity contribution in [3.63, 3.8) is 0 Å². The zero-order valence-electron chi connectivity index (χ0n) is 14.2. The number of carboxylic acid groups (broad SMARTS) is 1. The van der Waals surface area contributed by atoms with Gasteiger partial charge in [0.1, 0.15) is 6.04 Å². The van der Waals surface area contributed by atoms with E-state index in [1.165, 1.54) is 38.5 Å². The molecule has 0 spiro atoms. The van der Waals surface area contributed by atoms with Crippen LogP contribution in [0.15, 0.2) is 0 Å². The van der Waals surface area contributed by atoms with Crippen molar-refractivity contribution in [3.05, 3.63) is 0 Å². The zero-order valence-corrected chi connectivity index (χ0v) is 14.2. The second-order valence-corrected chi connectivity index (χ2v) is 6.38. The highest BCUT2D eigenvalue weighted by atomic mass is 16.5. The standard InChI is InChI=1S/C17H33NO4/c1-14(2)11-9-7-5-3-4-6-8-10-12-22-17(21)15(18)13-16(19)20/h14-15H,3-13,18H2,1-2H3,(H,19,20)/t15-/m0/s1. The maximum atomic E-state index is 11.4. The van der Waals surface area contributed by atoms with Gasteiger partial charge >= 0.3 is 11.9 Å². The Bertz CT molecular complexity index is 305. The van der Waals surface area contributed by atoms with E-state index in [0.717, 1.165) is 25.2 Å². The Hall–Kier alpha value is -1.10. The summed E-state index contributed by atoms with van der Waals surface area (Å²) in [7, 11) is 0. The molecular formula is C17H33NO4. The van der Waals surface area contributed by atoms with Gasteiger partial charge in [-0.25, -0.2) is 0 Å². The van der Waals surface area contributed by atoms with Crippen LogP contribution >= 0.6 is 0 Å². The molecule has 0 aromatic carbocycles. The second kappa shape index (κ2) is 13.6. The monoisotopic (exact) mass is 315 g/mol. The maximum absolute atomic E-state index is 11.4. The summed E-state index contributed by atoms with van der Waals surface area (Å²) < 4.78 is 4.96. The molecule has 1 atom stereocenters. The zero-order chi connectivity index (χ0) is 16.8. The van der Waals surface area contributed by atoms with Crippen LogP contribution in [0.4, 0.5) is 0 Å². The van der Waals surface area contributed by atoms with Crippen LogP contribution in [-0.2, 0) is 14.3 Å². The average Bonchev–Trinajstić information content (AvgIpc) is 2.43. The van der Waals surface area contributed by atoms with E-state index >= 15 is 0 Å². The van der Waals surface area contributed by atoms with E-state index in [1.807, 2.05) is 0 Å². The number of ether oxygens (including phenoxy) is 1. The van der Waals surface area contributed by atoms with Crippen LogP contribution in [-0.4, -0.2) is 29.7 Å². The summed E-state index contributed by atoms with van der Waals surface area (Å²) in [6, 6.07) is -1.05. The predicted octanol–water partition coefficient (Wildman–Crippen LogP) is 3.50. The van der Waals surface area contributed by atoms with Gasteiger partial charge in [-0.15, -0.1) is 0 Å². The van der Waals surface area contributed by atoms with E-state index in [0.29, 0.717) is 6.61 Å². The first-order valence-electron chi connectivity index (χ1n) is 8.57. The number of aliphatic carboxylic acids is 1. The molecule has 0 amide bonds. The first kappa shape index (κ1) is 20.9. The quantitative estimate of drug-likeness (QED) is 0.378. The first-order valence-corrected chi connectivity index (χ1v) is 8.57. The fourth-order valence-electron chi connectivity index (χ4n) is 2.27. The highest BCUT2D eigenvalue weighted by Crippen LogP contribution is 2.12. The van der Waals surface area contributed by atoms with Gasteiger partial charge in [0.15, 0.2) is 0 Å². The molecule has 0 radical (unpaired) electrons. The fraction of sp³-hybridized carbons (Fsp3) is 0.882. The normalized spacial score (nSPS) is 12.4. The van der Waals surface area contributed by atoms with Gasteiger partial charge in [-0.2, -0.15) is 0 Å². The van der Waals surface area contributed by atoms with Crippen LogP contribution in [0.2, 0.25) is 0 Å². The molecule has 0 saturated heterocycles. The van der Waals surface area contributed by atoms with Crippen molar-refractivity contribution in [1.29, 1.82) is 0 Å². The molecule has 22 heavy (non-hydrogen) atoms. The van der Waals surface area contributed by atoms with E-state index in [2.05, 4.69) is 13.8 Å². The number of carbonyl (C=O) groups excluding carboxylic acids is 1. The van der Waals surface area contributed by atoms with Crippen molar-refractivity contribution in [2.75, 3.05) is 6.61 Å². The Morgan fingerprint density at radius 1 is 0.955 bits per heavy atom. The molecular weight excluding hydrogens is 282 g/mol. The molecule has 0 unspecified atom stereocenters. The summed E-state index contributed by atoms with van der Waals surface area (Å²) in [6.45, 7) is 4.86. The van der Waals surface area contributed by atoms with Crippen molar-refractivity contribution in [3.8, 4) is 0 Å². The molecule has 0 fully saturated rings.